The van der Waals surface area contributed by atoms with Crippen molar-refractivity contribution in [3.63, 3.8) is 0 Å². The van der Waals surface area contributed by atoms with Crippen molar-refractivity contribution in [3.8, 4) is 0 Å². The van der Waals surface area contributed by atoms with Crippen molar-refractivity contribution in [2.24, 2.45) is 5.73 Å². The second-order valence-electron chi connectivity index (χ2n) is 2.89. The molecule has 1 saturated heterocycles. The first-order chi connectivity index (χ1) is 5.56. The van der Waals surface area contributed by atoms with E-state index in [1.165, 1.54) is 11.4 Å². The number of ether oxygens (including phenoxy) is 1. The van der Waals surface area contributed by atoms with E-state index in [1.807, 2.05) is 0 Å². The predicted molar refractivity (Wildman–Crippen MR) is 45.2 cm³/mol. The first-order valence-corrected chi connectivity index (χ1v) is 5.39. The number of hydrogen-bond donors (Lipinski definition) is 1. The second-order valence-corrected chi connectivity index (χ2v) is 4.97. The Bertz CT molecular complexity index is 233. The van der Waals surface area contributed by atoms with Gasteiger partial charge in [-0.1, -0.05) is 0 Å². The van der Waals surface area contributed by atoms with Gasteiger partial charge in [0.15, 0.2) is 0 Å². The van der Waals surface area contributed by atoms with Crippen LogP contribution in [0.2, 0.25) is 0 Å². The molecule has 1 fully saturated rings. The third-order valence-electron chi connectivity index (χ3n) is 1.82. The van der Waals surface area contributed by atoms with Gasteiger partial charge in [0, 0.05) is 26.2 Å². The molecule has 0 unspecified atom stereocenters. The van der Waals surface area contributed by atoms with Crippen LogP contribution in [-0.4, -0.2) is 51.3 Å². The SMILES string of the molecule is COCCS(=O)(=O)N1CC(N)C1. The molecule has 72 valence electrons. The molecule has 0 aromatic carbocycles. The van der Waals surface area contributed by atoms with E-state index in [1.54, 1.807) is 0 Å². The average molecular weight is 194 g/mol. The van der Waals surface area contributed by atoms with Crippen LogP contribution in [-0.2, 0) is 14.8 Å². The van der Waals surface area contributed by atoms with Crippen LogP contribution in [0.15, 0.2) is 0 Å². The summed E-state index contributed by atoms with van der Waals surface area (Å²) in [6, 6.07) is 0.0160. The fourth-order valence-corrected chi connectivity index (χ4v) is 2.49. The van der Waals surface area contributed by atoms with E-state index >= 15 is 0 Å². The summed E-state index contributed by atoms with van der Waals surface area (Å²) in [4.78, 5) is 0. The molecule has 6 heteroatoms. The third kappa shape index (κ3) is 2.16. The van der Waals surface area contributed by atoms with Gasteiger partial charge in [-0.3, -0.25) is 0 Å². The van der Waals surface area contributed by atoms with Crippen LogP contribution in [0.1, 0.15) is 0 Å². The van der Waals surface area contributed by atoms with Gasteiger partial charge in [-0.05, 0) is 0 Å². The number of nitrogens with two attached hydrogens (primary N) is 1. The van der Waals surface area contributed by atoms with Crippen LogP contribution in [0.3, 0.4) is 0 Å². The van der Waals surface area contributed by atoms with Crippen molar-refractivity contribution in [1.82, 2.24) is 4.31 Å². The lowest BCUT2D eigenvalue weighted by Gasteiger charge is -2.35. The maximum atomic E-state index is 11.3. The Kier molecular flexibility index (Phi) is 3.05. The molecule has 1 rings (SSSR count). The fraction of sp³-hybridized carbons (Fsp3) is 1.00. The molecular formula is C6H14N2O3S. The van der Waals surface area contributed by atoms with Gasteiger partial charge in [0.05, 0.1) is 12.4 Å². The summed E-state index contributed by atoms with van der Waals surface area (Å²) in [5, 5.41) is 0. The minimum atomic E-state index is -3.09. The largest absolute Gasteiger partial charge is 0.384 e. The molecule has 0 atom stereocenters. The van der Waals surface area contributed by atoms with Crippen molar-refractivity contribution in [3.05, 3.63) is 0 Å². The van der Waals surface area contributed by atoms with Crippen LogP contribution >= 0.6 is 0 Å². The summed E-state index contributed by atoms with van der Waals surface area (Å²) in [6.07, 6.45) is 0. The molecule has 0 bridgehead atoms. The third-order valence-corrected chi connectivity index (χ3v) is 3.58. The maximum absolute atomic E-state index is 11.3. The number of sulfonamides is 1. The standard InChI is InChI=1S/C6H14N2O3S/c1-11-2-3-12(9,10)8-4-6(7)5-8/h6H,2-5,7H2,1H3. The molecular weight excluding hydrogens is 180 g/mol. The van der Waals surface area contributed by atoms with Crippen LogP contribution in [0.5, 0.6) is 0 Å². The highest BCUT2D eigenvalue weighted by atomic mass is 32.2. The first-order valence-electron chi connectivity index (χ1n) is 3.78. The maximum Gasteiger partial charge on any atom is 0.216 e. The van der Waals surface area contributed by atoms with E-state index < -0.39 is 10.0 Å². The summed E-state index contributed by atoms with van der Waals surface area (Å²) in [6.45, 7) is 1.15. The summed E-state index contributed by atoms with van der Waals surface area (Å²) in [5.74, 6) is 0.0518. The minimum Gasteiger partial charge on any atom is -0.384 e. The molecule has 5 nitrogen and oxygen atoms in total. The van der Waals surface area contributed by atoms with Crippen molar-refractivity contribution < 1.29 is 13.2 Å². The van der Waals surface area contributed by atoms with Gasteiger partial charge in [-0.25, -0.2) is 8.42 Å². The van der Waals surface area contributed by atoms with Crippen LogP contribution < -0.4 is 5.73 Å². The molecule has 1 aliphatic rings. The molecule has 0 spiro atoms. The van der Waals surface area contributed by atoms with Crippen molar-refractivity contribution in [1.29, 1.82) is 0 Å². The van der Waals surface area contributed by atoms with Crippen LogP contribution in [0.4, 0.5) is 0 Å². The first kappa shape index (κ1) is 9.91. The summed E-state index contributed by atoms with van der Waals surface area (Å²) < 4.78 is 28.7. The Hall–Kier alpha value is -0.170. The lowest BCUT2D eigenvalue weighted by atomic mass is 10.2. The van der Waals surface area contributed by atoms with Crippen LogP contribution in [0, 0.1) is 0 Å². The van der Waals surface area contributed by atoms with Crippen molar-refractivity contribution >= 4 is 10.0 Å². The number of nitrogens with zero attached hydrogens (tertiary/aromatic N) is 1. The van der Waals surface area contributed by atoms with E-state index in [-0.39, 0.29) is 18.4 Å². The molecule has 0 aromatic heterocycles. The molecule has 12 heavy (non-hydrogen) atoms. The van der Waals surface area contributed by atoms with Crippen molar-refractivity contribution in [2.75, 3.05) is 32.6 Å². The fourth-order valence-electron chi connectivity index (χ4n) is 1.01. The molecule has 2 N–H and O–H groups in total. The Morgan fingerprint density at radius 3 is 2.58 bits per heavy atom. The zero-order valence-corrected chi connectivity index (χ0v) is 7.88. The number of methoxy groups -OCH3 is 1. The van der Waals surface area contributed by atoms with Gasteiger partial charge in [0.2, 0.25) is 10.0 Å². The Morgan fingerprint density at radius 2 is 2.17 bits per heavy atom. The monoisotopic (exact) mass is 194 g/mol. The lowest BCUT2D eigenvalue weighted by Crippen LogP contribution is -2.58. The van der Waals surface area contributed by atoms with E-state index in [9.17, 15) is 8.42 Å². The molecule has 1 aliphatic heterocycles. The molecule has 0 aliphatic carbocycles. The average Bonchev–Trinajstić information content (AvgIpc) is 1.95. The van der Waals surface area contributed by atoms with Gasteiger partial charge < -0.3 is 10.5 Å². The van der Waals surface area contributed by atoms with Gasteiger partial charge in [0.1, 0.15) is 0 Å². The lowest BCUT2D eigenvalue weighted by molar-refractivity contribution is 0.211. The Labute approximate surface area is 72.5 Å². The summed E-state index contributed by atoms with van der Waals surface area (Å²) >= 11 is 0. The van der Waals surface area contributed by atoms with Crippen LogP contribution in [0.25, 0.3) is 0 Å². The van der Waals surface area contributed by atoms with E-state index in [0.29, 0.717) is 13.1 Å². The summed E-state index contributed by atoms with van der Waals surface area (Å²) in [7, 11) is -1.61. The van der Waals surface area contributed by atoms with Gasteiger partial charge in [-0.2, -0.15) is 4.31 Å². The molecule has 0 aromatic rings. The highest BCUT2D eigenvalue weighted by molar-refractivity contribution is 7.89. The minimum absolute atomic E-state index is 0.0160. The zero-order valence-electron chi connectivity index (χ0n) is 7.06. The van der Waals surface area contributed by atoms with E-state index in [2.05, 4.69) is 4.74 Å². The molecule has 0 radical (unpaired) electrons. The summed E-state index contributed by atoms with van der Waals surface area (Å²) in [5.41, 5.74) is 5.46. The quantitative estimate of drug-likeness (QED) is 0.598. The predicted octanol–water partition coefficient (Wildman–Crippen LogP) is -1.39. The number of hydrogen-bond acceptors (Lipinski definition) is 4. The second kappa shape index (κ2) is 3.69. The number of rotatable bonds is 4. The van der Waals surface area contributed by atoms with Gasteiger partial charge >= 0.3 is 0 Å². The van der Waals surface area contributed by atoms with Gasteiger partial charge in [0.25, 0.3) is 0 Å². The van der Waals surface area contributed by atoms with E-state index in [0.717, 1.165) is 0 Å². The Morgan fingerprint density at radius 1 is 1.58 bits per heavy atom. The van der Waals surface area contributed by atoms with Gasteiger partial charge in [-0.15, -0.1) is 0 Å². The molecule has 1 heterocycles. The molecule has 0 saturated carbocycles. The topological polar surface area (TPSA) is 72.6 Å². The zero-order chi connectivity index (χ0) is 9.19. The molecule has 0 amide bonds. The highest BCUT2D eigenvalue weighted by Crippen LogP contribution is 2.11. The normalized spacial score (nSPS) is 20.8. The van der Waals surface area contributed by atoms with Crippen molar-refractivity contribution in [2.45, 2.75) is 6.04 Å². The van der Waals surface area contributed by atoms with E-state index in [4.69, 9.17) is 5.73 Å². The highest BCUT2D eigenvalue weighted by Gasteiger charge is 2.32. The smallest absolute Gasteiger partial charge is 0.216 e. The Balaban J connectivity index is 2.39.